The van der Waals surface area contributed by atoms with Crippen LogP contribution in [-0.2, 0) is 40.9 Å². The second-order valence-electron chi connectivity index (χ2n) is 11.0. The average Bonchev–Trinajstić information content (AvgIpc) is 3.22. The molecule has 3 aromatic rings. The Balaban J connectivity index is 1.83. The van der Waals surface area contributed by atoms with Crippen LogP contribution in [0.5, 0.6) is 0 Å². The highest BCUT2D eigenvalue weighted by Gasteiger charge is 2.62. The van der Waals surface area contributed by atoms with Gasteiger partial charge in [0.15, 0.2) is 11.6 Å². The number of carbonyl (C=O) groups excluding carboxylic acids is 5. The van der Waals surface area contributed by atoms with Crippen molar-refractivity contribution in [2.45, 2.75) is 43.9 Å². The van der Waals surface area contributed by atoms with Gasteiger partial charge in [0.2, 0.25) is 0 Å². The first kappa shape index (κ1) is 34.0. The maximum atomic E-state index is 14.2. The first-order chi connectivity index (χ1) is 22.3. The molecular formula is C33H34N6O8. The van der Waals surface area contributed by atoms with Crippen LogP contribution in [0.25, 0.3) is 0 Å². The number of amides is 3. The highest BCUT2D eigenvalue weighted by molar-refractivity contribution is 6.31. The Morgan fingerprint density at radius 1 is 1.00 bits per heavy atom. The predicted molar refractivity (Wildman–Crippen MR) is 169 cm³/mol. The zero-order valence-corrected chi connectivity index (χ0v) is 25.9. The molecule has 3 aromatic carbocycles. The van der Waals surface area contributed by atoms with Gasteiger partial charge in [0.05, 0.1) is 18.7 Å². The number of hydroxylamine groups is 2. The molecule has 0 radical (unpaired) electrons. The molecular weight excluding hydrogens is 608 g/mol. The summed E-state index contributed by atoms with van der Waals surface area (Å²) >= 11 is 0. The number of hydrogen-bond acceptors (Lipinski definition) is 11. The highest BCUT2D eigenvalue weighted by atomic mass is 16.7. The fourth-order valence-electron chi connectivity index (χ4n) is 5.53. The number of carboxylic acid groups (broad SMARTS) is 1. The molecule has 0 aromatic heterocycles. The number of hydrazone groups is 1. The molecule has 3 atom stereocenters. The second-order valence-corrected chi connectivity index (χ2v) is 11.0. The van der Waals surface area contributed by atoms with Crippen molar-refractivity contribution in [3.05, 3.63) is 102 Å². The number of imide groups is 1. The van der Waals surface area contributed by atoms with Crippen molar-refractivity contribution in [2.75, 3.05) is 11.9 Å². The zero-order chi connectivity index (χ0) is 34.5. The van der Waals surface area contributed by atoms with Crippen molar-refractivity contribution in [3.8, 4) is 0 Å². The van der Waals surface area contributed by atoms with E-state index in [0.717, 1.165) is 11.8 Å². The van der Waals surface area contributed by atoms with E-state index in [1.165, 1.54) is 37.2 Å². The SMILES string of the molecule is CC(=O)[C@@](C(=O)ON1C(=O)N(Cc2ccccc2)[C@](C)(c2ccc(C=NN)cc2)C1=O)(C(=O)[C@@H](N)CC(=O)O)N(C)c1ccccc1. The van der Waals surface area contributed by atoms with Crippen LogP contribution in [0.3, 0.4) is 0 Å². The molecule has 1 heterocycles. The zero-order valence-electron chi connectivity index (χ0n) is 25.9. The van der Waals surface area contributed by atoms with Gasteiger partial charge < -0.3 is 26.4 Å². The van der Waals surface area contributed by atoms with E-state index < -0.39 is 59.0 Å². The molecule has 1 aliphatic rings. The van der Waals surface area contributed by atoms with Crippen molar-refractivity contribution in [3.63, 3.8) is 0 Å². The summed E-state index contributed by atoms with van der Waals surface area (Å²) in [6.07, 6.45) is 0.472. The smallest absolute Gasteiger partial charge is 0.374 e. The molecule has 244 valence electrons. The largest absolute Gasteiger partial charge is 0.481 e. The van der Waals surface area contributed by atoms with Crippen LogP contribution in [0, 0.1) is 0 Å². The summed E-state index contributed by atoms with van der Waals surface area (Å²) in [5.41, 5.74) is 3.10. The van der Waals surface area contributed by atoms with E-state index in [2.05, 4.69) is 5.10 Å². The Morgan fingerprint density at radius 3 is 2.11 bits per heavy atom. The Bertz CT molecular complexity index is 1720. The summed E-state index contributed by atoms with van der Waals surface area (Å²) in [7, 11) is 1.25. The monoisotopic (exact) mass is 642 g/mol. The molecule has 0 spiro atoms. The number of para-hydroxylation sites is 1. The number of anilines is 1. The minimum Gasteiger partial charge on any atom is -0.481 e. The van der Waals surface area contributed by atoms with Crippen LogP contribution in [0.4, 0.5) is 10.5 Å². The summed E-state index contributed by atoms with van der Waals surface area (Å²) < 4.78 is 0. The van der Waals surface area contributed by atoms with Crippen molar-refractivity contribution in [2.24, 2.45) is 16.7 Å². The summed E-state index contributed by atoms with van der Waals surface area (Å²) in [6, 6.07) is 20.1. The van der Waals surface area contributed by atoms with E-state index in [0.29, 0.717) is 16.7 Å². The molecule has 14 heteroatoms. The van der Waals surface area contributed by atoms with Crippen LogP contribution in [0.1, 0.15) is 37.0 Å². The third-order valence-corrected chi connectivity index (χ3v) is 8.14. The molecule has 4 rings (SSSR count). The molecule has 1 fully saturated rings. The number of nitrogens with two attached hydrogens (primary N) is 2. The van der Waals surface area contributed by atoms with E-state index in [-0.39, 0.29) is 17.3 Å². The number of urea groups is 1. The van der Waals surface area contributed by atoms with Crippen molar-refractivity contribution >= 4 is 47.3 Å². The van der Waals surface area contributed by atoms with Crippen LogP contribution >= 0.6 is 0 Å². The third-order valence-electron chi connectivity index (χ3n) is 8.14. The molecule has 3 amide bonds. The van der Waals surface area contributed by atoms with Gasteiger partial charge in [0, 0.05) is 19.3 Å². The van der Waals surface area contributed by atoms with Gasteiger partial charge >= 0.3 is 18.0 Å². The number of likely N-dealkylation sites (N-methyl/N-ethyl adjacent to an activating group) is 1. The molecule has 0 aliphatic carbocycles. The van der Waals surface area contributed by atoms with E-state index >= 15 is 0 Å². The maximum Gasteiger partial charge on any atom is 0.374 e. The lowest BCUT2D eigenvalue weighted by atomic mass is 9.83. The summed E-state index contributed by atoms with van der Waals surface area (Å²) in [6.45, 7) is 2.31. The van der Waals surface area contributed by atoms with E-state index in [1.807, 2.05) is 0 Å². The van der Waals surface area contributed by atoms with Crippen LogP contribution in [-0.4, -0.2) is 75.4 Å². The van der Waals surface area contributed by atoms with Gasteiger partial charge in [0.1, 0.15) is 5.54 Å². The molecule has 0 bridgehead atoms. The fraction of sp³-hybridized carbons (Fsp3) is 0.242. The summed E-state index contributed by atoms with van der Waals surface area (Å²) in [5.74, 6) is -1.20. The number of rotatable bonds is 13. The Kier molecular flexibility index (Phi) is 9.85. The van der Waals surface area contributed by atoms with E-state index in [9.17, 15) is 33.9 Å². The van der Waals surface area contributed by atoms with E-state index in [1.54, 1.807) is 72.8 Å². The lowest BCUT2D eigenvalue weighted by Crippen LogP contribution is -2.69. The van der Waals surface area contributed by atoms with Gasteiger partial charge in [-0.05, 0) is 42.7 Å². The topological polar surface area (TPSA) is 206 Å². The predicted octanol–water partition coefficient (Wildman–Crippen LogP) is 1.95. The fourth-order valence-corrected chi connectivity index (χ4v) is 5.53. The number of nitrogens with zero attached hydrogens (tertiary/aromatic N) is 4. The van der Waals surface area contributed by atoms with Crippen molar-refractivity contribution < 1.29 is 38.7 Å². The minimum absolute atomic E-state index is 0.0911. The number of Topliss-reactive ketones (excluding diaryl/α,β-unsaturated/α-hetero) is 2. The Hall–Kier alpha value is -5.89. The van der Waals surface area contributed by atoms with Gasteiger partial charge in [-0.25, -0.2) is 9.59 Å². The molecule has 1 aliphatic heterocycles. The normalized spacial score (nSPS) is 18.1. The maximum absolute atomic E-state index is 14.2. The Labute approximate surface area is 270 Å². The van der Waals surface area contributed by atoms with Crippen LogP contribution in [0.2, 0.25) is 0 Å². The molecule has 5 N–H and O–H groups in total. The lowest BCUT2D eigenvalue weighted by Gasteiger charge is -2.39. The highest BCUT2D eigenvalue weighted by Crippen LogP contribution is 2.39. The number of carbonyl (C=O) groups is 6. The molecule has 0 saturated carbocycles. The molecule has 47 heavy (non-hydrogen) atoms. The van der Waals surface area contributed by atoms with Crippen LogP contribution in [0.15, 0.2) is 90.0 Å². The van der Waals surface area contributed by atoms with Crippen molar-refractivity contribution in [1.29, 1.82) is 0 Å². The number of carboxylic acids is 1. The number of ketones is 2. The number of aliphatic carboxylic acids is 1. The second kappa shape index (κ2) is 13.6. The third kappa shape index (κ3) is 6.18. The van der Waals surface area contributed by atoms with E-state index in [4.69, 9.17) is 16.4 Å². The van der Waals surface area contributed by atoms with Crippen LogP contribution < -0.4 is 16.5 Å². The van der Waals surface area contributed by atoms with Gasteiger partial charge in [0.25, 0.3) is 11.4 Å². The summed E-state index contributed by atoms with van der Waals surface area (Å²) in [5, 5.41) is 13.0. The molecule has 1 saturated heterocycles. The van der Waals surface area contributed by atoms with Gasteiger partial charge in [-0.1, -0.05) is 77.9 Å². The first-order valence-corrected chi connectivity index (χ1v) is 14.4. The van der Waals surface area contributed by atoms with Crippen molar-refractivity contribution in [1.82, 2.24) is 9.96 Å². The lowest BCUT2D eigenvalue weighted by molar-refractivity contribution is -0.190. The van der Waals surface area contributed by atoms with Gasteiger partial charge in [-0.15, -0.1) is 0 Å². The molecule has 14 nitrogen and oxygen atoms in total. The average molecular weight is 643 g/mol. The number of benzene rings is 3. The first-order valence-electron chi connectivity index (χ1n) is 14.4. The standard InChI is InChI=1S/C33H34N6O8/c1-21(40)33(28(43)26(34)18-27(41)42,37(3)25-12-8-5-9-13-25)30(45)47-39-29(44)32(2,24-16-14-22(15-17-24)19-36-35)38(31(39)46)20-23-10-6-4-7-11-23/h4-17,19,26H,18,20,34-35H2,1-3H3,(H,41,42)/t26-,32+,33-/m0/s1. The Morgan fingerprint density at radius 2 is 1.57 bits per heavy atom. The summed E-state index contributed by atoms with van der Waals surface area (Å²) in [4.78, 5) is 88.9. The van der Waals surface area contributed by atoms with Gasteiger partial charge in [-0.2, -0.15) is 5.10 Å². The molecule has 0 unspecified atom stereocenters. The minimum atomic E-state index is -2.89. The van der Waals surface area contributed by atoms with Gasteiger partial charge in [-0.3, -0.25) is 24.1 Å². The number of hydrogen-bond donors (Lipinski definition) is 3. The quantitative estimate of drug-likeness (QED) is 0.0807.